The van der Waals surface area contributed by atoms with Gasteiger partial charge in [0.25, 0.3) is 5.56 Å². The van der Waals surface area contributed by atoms with E-state index in [2.05, 4.69) is 17.2 Å². The molecule has 1 aromatic carbocycles. The minimum absolute atomic E-state index is 0.0463. The highest BCUT2D eigenvalue weighted by Gasteiger charge is 2.29. The van der Waals surface area contributed by atoms with E-state index in [1.54, 1.807) is 0 Å². The average Bonchev–Trinajstić information content (AvgIpc) is 2.50. The summed E-state index contributed by atoms with van der Waals surface area (Å²) in [6.45, 7) is 1.68. The van der Waals surface area contributed by atoms with Gasteiger partial charge in [0.1, 0.15) is 12.2 Å². The maximum atomic E-state index is 12.5. The number of hydrogen-bond donors (Lipinski definition) is 2. The van der Waals surface area contributed by atoms with Gasteiger partial charge >= 0.3 is 5.97 Å². The van der Waals surface area contributed by atoms with Gasteiger partial charge in [-0.2, -0.15) is 0 Å². The highest BCUT2D eigenvalue weighted by molar-refractivity contribution is 6.30. The number of nitrogens with one attached hydrogen (secondary N) is 1. The predicted octanol–water partition coefficient (Wildman–Crippen LogP) is 2.33. The summed E-state index contributed by atoms with van der Waals surface area (Å²) in [7, 11) is 0. The molecular weight excluding hydrogens is 318 g/mol. The van der Waals surface area contributed by atoms with E-state index in [4.69, 9.17) is 16.7 Å². The second kappa shape index (κ2) is 6.04. The third-order valence-corrected chi connectivity index (χ3v) is 4.29. The molecule has 2 N–H and O–H groups in total. The summed E-state index contributed by atoms with van der Waals surface area (Å²) in [5.41, 5.74) is 1.73. The van der Waals surface area contributed by atoms with Gasteiger partial charge < -0.3 is 10.4 Å². The van der Waals surface area contributed by atoms with Crippen molar-refractivity contribution in [3.8, 4) is 0 Å². The summed E-state index contributed by atoms with van der Waals surface area (Å²) in [5.74, 6) is -0.835. The summed E-state index contributed by atoms with van der Waals surface area (Å²) in [6, 6.07) is 7.43. The van der Waals surface area contributed by atoms with Crippen molar-refractivity contribution in [3.05, 3.63) is 57.2 Å². The fourth-order valence-electron chi connectivity index (χ4n) is 2.88. The van der Waals surface area contributed by atoms with Crippen molar-refractivity contribution in [2.75, 3.05) is 5.32 Å². The van der Waals surface area contributed by atoms with Crippen molar-refractivity contribution < 1.29 is 9.90 Å². The predicted molar refractivity (Wildman–Crippen MR) is 86.8 cm³/mol. The SMILES string of the molecule is C[C@H]1Cc2ncn(CC(=O)O)c(=O)c2N[C@@H]1c1ccc(Cl)cc1. The fourth-order valence-corrected chi connectivity index (χ4v) is 3.01. The van der Waals surface area contributed by atoms with Gasteiger partial charge in [-0.25, -0.2) is 4.98 Å². The van der Waals surface area contributed by atoms with Crippen LogP contribution in [0.4, 0.5) is 5.69 Å². The van der Waals surface area contributed by atoms with E-state index < -0.39 is 12.5 Å². The summed E-state index contributed by atoms with van der Waals surface area (Å²) >= 11 is 5.92. The molecular formula is C16H16ClN3O3. The largest absolute Gasteiger partial charge is 0.480 e. The topological polar surface area (TPSA) is 84.2 Å². The van der Waals surface area contributed by atoms with Crippen LogP contribution < -0.4 is 10.9 Å². The van der Waals surface area contributed by atoms with Crippen molar-refractivity contribution >= 4 is 23.3 Å². The molecule has 3 rings (SSSR count). The molecule has 2 aromatic rings. The maximum Gasteiger partial charge on any atom is 0.323 e. The molecule has 6 nitrogen and oxygen atoms in total. The minimum Gasteiger partial charge on any atom is -0.480 e. The van der Waals surface area contributed by atoms with Gasteiger partial charge in [0.15, 0.2) is 0 Å². The second-order valence-electron chi connectivity index (χ2n) is 5.75. The third-order valence-electron chi connectivity index (χ3n) is 4.04. The third kappa shape index (κ3) is 3.07. The van der Waals surface area contributed by atoms with E-state index in [9.17, 15) is 9.59 Å². The molecule has 2 heterocycles. The van der Waals surface area contributed by atoms with E-state index in [1.165, 1.54) is 6.33 Å². The Morgan fingerprint density at radius 2 is 2.13 bits per heavy atom. The highest BCUT2D eigenvalue weighted by Crippen LogP contribution is 2.34. The van der Waals surface area contributed by atoms with Gasteiger partial charge in [0.05, 0.1) is 18.1 Å². The maximum absolute atomic E-state index is 12.5. The Balaban J connectivity index is 1.98. The van der Waals surface area contributed by atoms with Crippen molar-refractivity contribution in [1.82, 2.24) is 9.55 Å². The quantitative estimate of drug-likeness (QED) is 0.900. The molecule has 120 valence electrons. The number of halogens is 1. The van der Waals surface area contributed by atoms with Crippen LogP contribution in [-0.2, 0) is 17.8 Å². The number of hydrogen-bond acceptors (Lipinski definition) is 4. The summed E-state index contributed by atoms with van der Waals surface area (Å²) in [5, 5.41) is 12.8. The number of fused-ring (bicyclic) bond motifs is 1. The van der Waals surface area contributed by atoms with E-state index in [1.807, 2.05) is 24.3 Å². The van der Waals surface area contributed by atoms with Crippen LogP contribution in [0.25, 0.3) is 0 Å². The zero-order chi connectivity index (χ0) is 16.6. The lowest BCUT2D eigenvalue weighted by Crippen LogP contribution is -2.35. The Labute approximate surface area is 137 Å². The number of benzene rings is 1. The molecule has 0 unspecified atom stereocenters. The molecule has 0 aliphatic carbocycles. The minimum atomic E-state index is -1.08. The van der Waals surface area contributed by atoms with Crippen LogP contribution in [0.5, 0.6) is 0 Å². The number of carboxylic acids is 1. The van der Waals surface area contributed by atoms with Crippen molar-refractivity contribution in [3.63, 3.8) is 0 Å². The van der Waals surface area contributed by atoms with Gasteiger partial charge in [-0.05, 0) is 30.0 Å². The molecule has 0 bridgehead atoms. The number of aliphatic carboxylic acids is 1. The van der Waals surface area contributed by atoms with E-state index in [0.29, 0.717) is 22.8 Å². The lowest BCUT2D eigenvalue weighted by atomic mass is 9.87. The number of anilines is 1. The van der Waals surface area contributed by atoms with Crippen LogP contribution in [0, 0.1) is 5.92 Å². The van der Waals surface area contributed by atoms with Crippen molar-refractivity contribution in [2.24, 2.45) is 5.92 Å². The normalized spacial score (nSPS) is 19.7. The Bertz CT molecular complexity index is 801. The second-order valence-corrected chi connectivity index (χ2v) is 6.18. The summed E-state index contributed by atoms with van der Waals surface area (Å²) in [6.07, 6.45) is 1.95. The van der Waals surface area contributed by atoms with Gasteiger partial charge in [-0.1, -0.05) is 30.7 Å². The molecule has 0 fully saturated rings. The summed E-state index contributed by atoms with van der Waals surface area (Å²) in [4.78, 5) is 27.5. The van der Waals surface area contributed by atoms with Crippen LogP contribution in [0.3, 0.4) is 0 Å². The monoisotopic (exact) mass is 333 g/mol. The number of carbonyl (C=O) groups is 1. The molecule has 0 spiro atoms. The van der Waals surface area contributed by atoms with E-state index in [0.717, 1.165) is 10.1 Å². The van der Waals surface area contributed by atoms with Gasteiger partial charge in [0, 0.05) is 5.02 Å². The number of carboxylic acid groups (broad SMARTS) is 1. The Hall–Kier alpha value is -2.34. The summed E-state index contributed by atoms with van der Waals surface area (Å²) < 4.78 is 1.10. The first-order valence-corrected chi connectivity index (χ1v) is 7.65. The van der Waals surface area contributed by atoms with Gasteiger partial charge in [-0.3, -0.25) is 14.2 Å². The average molecular weight is 334 g/mol. The molecule has 0 saturated heterocycles. The number of aromatic nitrogens is 2. The molecule has 7 heteroatoms. The molecule has 1 aliphatic heterocycles. The molecule has 2 atom stereocenters. The standard InChI is InChI=1S/C16H16ClN3O3/c1-9-6-12-15(16(23)20(8-18-12)7-13(21)22)19-14(9)10-2-4-11(17)5-3-10/h2-5,8-9,14,19H,6-7H2,1H3,(H,21,22)/t9-,14-/m0/s1. The zero-order valence-corrected chi connectivity index (χ0v) is 13.2. The van der Waals surface area contributed by atoms with Crippen LogP contribution in [-0.4, -0.2) is 20.6 Å². The van der Waals surface area contributed by atoms with E-state index in [-0.39, 0.29) is 17.5 Å². The molecule has 1 aromatic heterocycles. The molecule has 1 aliphatic rings. The van der Waals surface area contributed by atoms with Crippen LogP contribution >= 0.6 is 11.6 Å². The fraction of sp³-hybridized carbons (Fsp3) is 0.312. The molecule has 0 radical (unpaired) electrons. The first-order valence-electron chi connectivity index (χ1n) is 7.28. The number of rotatable bonds is 3. The number of nitrogens with zero attached hydrogens (tertiary/aromatic N) is 2. The first kappa shape index (κ1) is 15.6. The van der Waals surface area contributed by atoms with E-state index >= 15 is 0 Å². The Kier molecular flexibility index (Phi) is 4.09. The Morgan fingerprint density at radius 3 is 2.78 bits per heavy atom. The van der Waals surface area contributed by atoms with Gasteiger partial charge in [0.2, 0.25) is 0 Å². The van der Waals surface area contributed by atoms with Crippen LogP contribution in [0.1, 0.15) is 24.2 Å². The van der Waals surface area contributed by atoms with Crippen molar-refractivity contribution in [1.29, 1.82) is 0 Å². The lowest BCUT2D eigenvalue weighted by Gasteiger charge is -2.32. The first-order chi connectivity index (χ1) is 11.0. The Morgan fingerprint density at radius 1 is 1.43 bits per heavy atom. The van der Waals surface area contributed by atoms with Crippen LogP contribution in [0.15, 0.2) is 35.4 Å². The molecule has 0 amide bonds. The van der Waals surface area contributed by atoms with Crippen molar-refractivity contribution in [2.45, 2.75) is 25.9 Å². The highest BCUT2D eigenvalue weighted by atomic mass is 35.5. The lowest BCUT2D eigenvalue weighted by molar-refractivity contribution is -0.137. The molecule has 23 heavy (non-hydrogen) atoms. The zero-order valence-electron chi connectivity index (χ0n) is 12.5. The smallest absolute Gasteiger partial charge is 0.323 e. The molecule has 0 saturated carbocycles. The van der Waals surface area contributed by atoms with Crippen LogP contribution in [0.2, 0.25) is 5.02 Å². The van der Waals surface area contributed by atoms with Gasteiger partial charge in [-0.15, -0.1) is 0 Å².